The second-order valence-corrected chi connectivity index (χ2v) is 5.41. The van der Waals surface area contributed by atoms with E-state index in [1.807, 2.05) is 0 Å². The summed E-state index contributed by atoms with van der Waals surface area (Å²) >= 11 is 0. The Labute approximate surface area is 121 Å². The monoisotopic (exact) mass is 271 g/mol. The predicted octanol–water partition coefficient (Wildman–Crippen LogP) is 3.44. The molecule has 0 radical (unpaired) electrons. The maximum Gasteiger partial charge on any atom is 0.127 e. The van der Waals surface area contributed by atoms with Crippen molar-refractivity contribution in [2.24, 2.45) is 5.73 Å². The molecule has 0 fully saturated rings. The number of aryl methyl sites for hydroxylation is 2. The van der Waals surface area contributed by atoms with Crippen LogP contribution in [0.2, 0.25) is 0 Å². The van der Waals surface area contributed by atoms with Crippen molar-refractivity contribution in [2.75, 3.05) is 12.3 Å². The SMILES string of the molecule is CCCCCc1cc2cc(CCCN)ccc2nc1N. The van der Waals surface area contributed by atoms with Gasteiger partial charge in [0.05, 0.1) is 5.52 Å². The summed E-state index contributed by atoms with van der Waals surface area (Å²) in [5.74, 6) is 0.684. The van der Waals surface area contributed by atoms with E-state index in [4.69, 9.17) is 11.5 Å². The quantitative estimate of drug-likeness (QED) is 0.758. The van der Waals surface area contributed by atoms with E-state index >= 15 is 0 Å². The molecule has 0 aliphatic carbocycles. The fourth-order valence-electron chi connectivity index (χ4n) is 2.51. The number of nitrogen functional groups attached to an aromatic ring is 1. The summed E-state index contributed by atoms with van der Waals surface area (Å²) in [5.41, 5.74) is 15.1. The molecule has 0 aliphatic heterocycles. The molecule has 0 aliphatic rings. The van der Waals surface area contributed by atoms with Gasteiger partial charge in [-0.15, -0.1) is 0 Å². The van der Waals surface area contributed by atoms with Gasteiger partial charge in [-0.05, 0) is 61.6 Å². The molecule has 0 saturated carbocycles. The van der Waals surface area contributed by atoms with Crippen LogP contribution in [0.4, 0.5) is 5.82 Å². The molecule has 0 saturated heterocycles. The zero-order valence-corrected chi connectivity index (χ0v) is 12.4. The molecule has 3 heteroatoms. The van der Waals surface area contributed by atoms with Gasteiger partial charge in [0.2, 0.25) is 0 Å². The Kier molecular flexibility index (Phi) is 5.36. The highest BCUT2D eigenvalue weighted by Crippen LogP contribution is 2.22. The van der Waals surface area contributed by atoms with Crippen LogP contribution < -0.4 is 11.5 Å². The first-order chi connectivity index (χ1) is 9.74. The number of aromatic nitrogens is 1. The molecule has 108 valence electrons. The van der Waals surface area contributed by atoms with Crippen LogP contribution in [0.5, 0.6) is 0 Å². The summed E-state index contributed by atoms with van der Waals surface area (Å²) in [5, 5.41) is 1.19. The number of unbranched alkanes of at least 4 members (excludes halogenated alkanes) is 2. The number of anilines is 1. The number of hydrogen-bond acceptors (Lipinski definition) is 3. The summed E-state index contributed by atoms with van der Waals surface area (Å²) in [6, 6.07) is 8.62. The lowest BCUT2D eigenvalue weighted by molar-refractivity contribution is 0.718. The summed E-state index contributed by atoms with van der Waals surface area (Å²) < 4.78 is 0. The average Bonchev–Trinajstić information content (AvgIpc) is 2.46. The Morgan fingerprint density at radius 3 is 2.65 bits per heavy atom. The lowest BCUT2D eigenvalue weighted by atomic mass is 10.0. The van der Waals surface area contributed by atoms with Gasteiger partial charge in [0.15, 0.2) is 0 Å². The summed E-state index contributed by atoms with van der Waals surface area (Å²) in [6.07, 6.45) is 6.73. The fraction of sp³-hybridized carbons (Fsp3) is 0.471. The van der Waals surface area contributed by atoms with E-state index in [0.29, 0.717) is 5.82 Å². The second kappa shape index (κ2) is 7.25. The van der Waals surface area contributed by atoms with Crippen molar-refractivity contribution >= 4 is 16.7 Å². The van der Waals surface area contributed by atoms with Crippen molar-refractivity contribution in [1.82, 2.24) is 4.98 Å². The van der Waals surface area contributed by atoms with Crippen LogP contribution in [-0.4, -0.2) is 11.5 Å². The van der Waals surface area contributed by atoms with Crippen LogP contribution in [0.15, 0.2) is 24.3 Å². The molecule has 0 amide bonds. The van der Waals surface area contributed by atoms with E-state index < -0.39 is 0 Å². The molecule has 4 N–H and O–H groups in total. The highest BCUT2D eigenvalue weighted by Gasteiger charge is 2.05. The molecule has 3 nitrogen and oxygen atoms in total. The molecule has 2 rings (SSSR count). The molecule has 1 aromatic heterocycles. The molecule has 20 heavy (non-hydrogen) atoms. The van der Waals surface area contributed by atoms with Crippen molar-refractivity contribution in [3.05, 3.63) is 35.4 Å². The number of nitrogens with zero attached hydrogens (tertiary/aromatic N) is 1. The van der Waals surface area contributed by atoms with Crippen molar-refractivity contribution in [3.63, 3.8) is 0 Å². The molecule has 0 unspecified atom stereocenters. The van der Waals surface area contributed by atoms with E-state index in [2.05, 4.69) is 36.2 Å². The minimum atomic E-state index is 0.684. The smallest absolute Gasteiger partial charge is 0.127 e. The minimum Gasteiger partial charge on any atom is -0.383 e. The largest absolute Gasteiger partial charge is 0.383 e. The third-order valence-electron chi connectivity index (χ3n) is 3.71. The average molecular weight is 271 g/mol. The first-order valence-corrected chi connectivity index (χ1v) is 7.62. The lowest BCUT2D eigenvalue weighted by Crippen LogP contribution is -2.01. The summed E-state index contributed by atoms with van der Waals surface area (Å²) in [4.78, 5) is 4.53. The zero-order valence-electron chi connectivity index (χ0n) is 12.4. The van der Waals surface area contributed by atoms with Crippen molar-refractivity contribution in [1.29, 1.82) is 0 Å². The highest BCUT2D eigenvalue weighted by atomic mass is 14.8. The van der Waals surface area contributed by atoms with E-state index in [9.17, 15) is 0 Å². The number of hydrogen-bond donors (Lipinski definition) is 2. The Hall–Kier alpha value is -1.61. The number of benzene rings is 1. The van der Waals surface area contributed by atoms with Gasteiger partial charge in [-0.2, -0.15) is 0 Å². The normalized spacial score (nSPS) is 11.1. The molecular weight excluding hydrogens is 246 g/mol. The topological polar surface area (TPSA) is 64.9 Å². The third kappa shape index (κ3) is 3.70. The second-order valence-electron chi connectivity index (χ2n) is 5.41. The van der Waals surface area contributed by atoms with E-state index in [1.54, 1.807) is 0 Å². The zero-order chi connectivity index (χ0) is 14.4. The van der Waals surface area contributed by atoms with Gasteiger partial charge in [0, 0.05) is 5.39 Å². The Balaban J connectivity index is 2.23. The number of pyridine rings is 1. The predicted molar refractivity (Wildman–Crippen MR) is 86.8 cm³/mol. The first-order valence-electron chi connectivity index (χ1n) is 7.62. The Morgan fingerprint density at radius 1 is 1.05 bits per heavy atom. The Bertz CT molecular complexity index is 563. The van der Waals surface area contributed by atoms with Gasteiger partial charge < -0.3 is 11.5 Å². The molecule has 0 bridgehead atoms. The standard InChI is InChI=1S/C17H25N3/c1-2-3-4-7-14-12-15-11-13(6-5-10-18)8-9-16(15)20-17(14)19/h8-9,11-12H,2-7,10,18H2,1H3,(H2,19,20). The van der Waals surface area contributed by atoms with Crippen LogP contribution in [0.1, 0.15) is 43.7 Å². The molecular formula is C17H25N3. The van der Waals surface area contributed by atoms with Gasteiger partial charge in [0.25, 0.3) is 0 Å². The number of rotatable bonds is 7. The maximum absolute atomic E-state index is 6.06. The Morgan fingerprint density at radius 2 is 1.90 bits per heavy atom. The molecule has 1 aromatic carbocycles. The summed E-state index contributed by atoms with van der Waals surface area (Å²) in [7, 11) is 0. The van der Waals surface area contributed by atoms with Crippen molar-refractivity contribution < 1.29 is 0 Å². The van der Waals surface area contributed by atoms with Crippen LogP contribution in [0.3, 0.4) is 0 Å². The first kappa shape index (κ1) is 14.8. The van der Waals surface area contributed by atoms with E-state index in [0.717, 1.165) is 31.3 Å². The highest BCUT2D eigenvalue weighted by molar-refractivity contribution is 5.82. The van der Waals surface area contributed by atoms with E-state index in [1.165, 1.54) is 35.8 Å². The van der Waals surface area contributed by atoms with E-state index in [-0.39, 0.29) is 0 Å². The molecule has 0 atom stereocenters. The van der Waals surface area contributed by atoms with Crippen LogP contribution in [-0.2, 0) is 12.8 Å². The third-order valence-corrected chi connectivity index (χ3v) is 3.71. The lowest BCUT2D eigenvalue weighted by Gasteiger charge is -2.08. The van der Waals surface area contributed by atoms with Gasteiger partial charge in [-0.25, -0.2) is 4.98 Å². The van der Waals surface area contributed by atoms with Gasteiger partial charge in [-0.3, -0.25) is 0 Å². The number of fused-ring (bicyclic) bond motifs is 1. The molecule has 1 heterocycles. The summed E-state index contributed by atoms with van der Waals surface area (Å²) in [6.45, 7) is 2.95. The van der Waals surface area contributed by atoms with Crippen LogP contribution in [0.25, 0.3) is 10.9 Å². The van der Waals surface area contributed by atoms with Gasteiger partial charge in [-0.1, -0.05) is 25.8 Å². The van der Waals surface area contributed by atoms with Gasteiger partial charge in [0.1, 0.15) is 5.82 Å². The minimum absolute atomic E-state index is 0.684. The maximum atomic E-state index is 6.06. The van der Waals surface area contributed by atoms with Crippen molar-refractivity contribution in [3.8, 4) is 0 Å². The van der Waals surface area contributed by atoms with Crippen LogP contribution in [0, 0.1) is 0 Å². The number of nitrogens with two attached hydrogens (primary N) is 2. The van der Waals surface area contributed by atoms with Gasteiger partial charge >= 0.3 is 0 Å². The van der Waals surface area contributed by atoms with Crippen LogP contribution >= 0.6 is 0 Å². The van der Waals surface area contributed by atoms with Crippen molar-refractivity contribution in [2.45, 2.75) is 45.4 Å². The molecule has 2 aromatic rings. The molecule has 0 spiro atoms. The fourth-order valence-corrected chi connectivity index (χ4v) is 2.51.